The molecular weight excluding hydrogens is 349 g/mol. The lowest BCUT2D eigenvalue weighted by molar-refractivity contribution is -0.870. The third-order valence-corrected chi connectivity index (χ3v) is 5.63. The van der Waals surface area contributed by atoms with E-state index in [1.807, 2.05) is 21.1 Å². The van der Waals surface area contributed by atoms with E-state index in [2.05, 4.69) is 13.8 Å². The highest BCUT2D eigenvalue weighted by Gasteiger charge is 2.27. The molecule has 0 rings (SSSR count). The highest BCUT2D eigenvalue weighted by Crippen LogP contribution is 2.46. The number of phosphoric ester groups is 1. The van der Waals surface area contributed by atoms with Crippen LogP contribution in [0.15, 0.2) is 0 Å². The number of unbranched alkanes of at least 4 members (excludes halogenated alkanes) is 8. The van der Waals surface area contributed by atoms with Crippen LogP contribution >= 0.6 is 7.82 Å². The maximum atomic E-state index is 12.3. The molecule has 0 amide bonds. The molecule has 1 N–H and O–H groups in total. The minimum absolute atomic E-state index is 0.168. The molecule has 26 heavy (non-hydrogen) atoms. The molecule has 0 heterocycles. The van der Waals surface area contributed by atoms with E-state index in [1.54, 1.807) is 0 Å². The quantitative estimate of drug-likeness (QED) is 0.178. The van der Waals surface area contributed by atoms with Gasteiger partial charge in [0, 0.05) is 0 Å². The highest BCUT2D eigenvalue weighted by atomic mass is 31.2. The number of hydrogen-bond acceptors (Lipinski definition) is 3. The first-order valence-electron chi connectivity index (χ1n) is 10.7. The van der Waals surface area contributed by atoms with Crippen molar-refractivity contribution in [2.24, 2.45) is 0 Å². The number of quaternary nitrogens is 1. The normalized spacial score (nSPS) is 14.7. The SMILES string of the molecule is CCCCCCCC(CCCCCCC)OP(=O)(O)OCC[N+](C)(C)C. The van der Waals surface area contributed by atoms with Gasteiger partial charge in [-0.3, -0.25) is 9.05 Å². The van der Waals surface area contributed by atoms with Crippen LogP contribution in [-0.2, 0) is 13.6 Å². The van der Waals surface area contributed by atoms with Gasteiger partial charge in [-0.15, -0.1) is 0 Å². The Morgan fingerprint density at radius 1 is 0.846 bits per heavy atom. The third kappa shape index (κ3) is 17.5. The van der Waals surface area contributed by atoms with Gasteiger partial charge in [0.1, 0.15) is 13.2 Å². The van der Waals surface area contributed by atoms with Gasteiger partial charge in [0.05, 0.1) is 27.2 Å². The molecule has 1 atom stereocenters. The zero-order valence-corrected chi connectivity index (χ0v) is 18.9. The molecular formula is C20H45NO4P+. The maximum Gasteiger partial charge on any atom is 0.472 e. The van der Waals surface area contributed by atoms with E-state index in [9.17, 15) is 9.46 Å². The highest BCUT2D eigenvalue weighted by molar-refractivity contribution is 7.47. The van der Waals surface area contributed by atoms with Crippen LogP contribution in [0.5, 0.6) is 0 Å². The van der Waals surface area contributed by atoms with E-state index in [4.69, 9.17) is 9.05 Å². The molecule has 0 radical (unpaired) electrons. The number of likely N-dealkylation sites (N-methyl/N-ethyl adjacent to an activating group) is 1. The van der Waals surface area contributed by atoms with Gasteiger partial charge in [-0.1, -0.05) is 78.1 Å². The summed E-state index contributed by atoms with van der Waals surface area (Å²) >= 11 is 0. The predicted octanol–water partition coefficient (Wildman–Crippen LogP) is 5.92. The Labute approximate surface area is 162 Å². The second-order valence-electron chi connectivity index (χ2n) is 8.45. The average Bonchev–Trinajstić information content (AvgIpc) is 2.52. The topological polar surface area (TPSA) is 55.8 Å². The minimum Gasteiger partial charge on any atom is -0.329 e. The van der Waals surface area contributed by atoms with Gasteiger partial charge in [-0.05, 0) is 12.8 Å². The Hall–Kier alpha value is 0.0700. The molecule has 0 aromatic carbocycles. The van der Waals surface area contributed by atoms with E-state index in [0.717, 1.165) is 25.7 Å². The minimum atomic E-state index is -3.97. The lowest BCUT2D eigenvalue weighted by Crippen LogP contribution is -2.37. The monoisotopic (exact) mass is 394 g/mol. The van der Waals surface area contributed by atoms with Crippen molar-refractivity contribution in [2.75, 3.05) is 34.3 Å². The van der Waals surface area contributed by atoms with Crippen molar-refractivity contribution in [2.45, 2.75) is 97.0 Å². The summed E-state index contributed by atoms with van der Waals surface area (Å²) in [5, 5.41) is 0. The fourth-order valence-corrected chi connectivity index (χ4v) is 3.81. The summed E-state index contributed by atoms with van der Waals surface area (Å²) in [6.45, 7) is 5.32. The molecule has 158 valence electrons. The van der Waals surface area contributed by atoms with Crippen molar-refractivity contribution in [3.8, 4) is 0 Å². The lowest BCUT2D eigenvalue weighted by Gasteiger charge is -2.25. The Bertz CT molecular complexity index is 357. The van der Waals surface area contributed by atoms with Crippen LogP contribution in [0.25, 0.3) is 0 Å². The summed E-state index contributed by atoms with van der Waals surface area (Å²) < 4.78 is 23.7. The van der Waals surface area contributed by atoms with E-state index >= 15 is 0 Å². The Morgan fingerprint density at radius 2 is 1.31 bits per heavy atom. The lowest BCUT2D eigenvalue weighted by atomic mass is 10.0. The Morgan fingerprint density at radius 3 is 1.73 bits per heavy atom. The molecule has 0 aromatic heterocycles. The van der Waals surface area contributed by atoms with Gasteiger partial charge < -0.3 is 9.38 Å². The largest absolute Gasteiger partial charge is 0.472 e. The standard InChI is InChI=1S/C20H44NO4P/c1-6-8-10-12-14-16-20(17-15-13-11-9-7-2)25-26(22,23)24-19-18-21(3,4)5/h20H,6-19H2,1-5H3/p+1. The number of hydrogen-bond donors (Lipinski definition) is 1. The van der Waals surface area contributed by atoms with Crippen molar-refractivity contribution in [1.29, 1.82) is 0 Å². The van der Waals surface area contributed by atoms with Gasteiger partial charge in [-0.2, -0.15) is 0 Å². The molecule has 0 aromatic rings. The maximum absolute atomic E-state index is 12.3. The fraction of sp³-hybridized carbons (Fsp3) is 1.00. The van der Waals surface area contributed by atoms with Gasteiger partial charge in [-0.25, -0.2) is 4.57 Å². The van der Waals surface area contributed by atoms with Crippen LogP contribution in [0, 0.1) is 0 Å². The van der Waals surface area contributed by atoms with Crippen molar-refractivity contribution in [3.63, 3.8) is 0 Å². The van der Waals surface area contributed by atoms with Gasteiger partial charge in [0.25, 0.3) is 0 Å². The average molecular weight is 395 g/mol. The summed E-state index contributed by atoms with van der Waals surface area (Å²) in [5.41, 5.74) is 0. The molecule has 1 unspecified atom stereocenters. The Kier molecular flexibility index (Phi) is 15.1. The molecule has 0 aliphatic rings. The molecule has 6 heteroatoms. The van der Waals surface area contributed by atoms with Crippen LogP contribution in [0.4, 0.5) is 0 Å². The third-order valence-electron chi connectivity index (χ3n) is 4.56. The first-order valence-corrected chi connectivity index (χ1v) is 12.2. The molecule has 0 bridgehead atoms. The van der Waals surface area contributed by atoms with E-state index in [-0.39, 0.29) is 12.7 Å². The molecule has 0 aliphatic heterocycles. The number of phosphoric acid groups is 1. The first-order chi connectivity index (χ1) is 12.2. The number of rotatable bonds is 18. The molecule has 0 aliphatic carbocycles. The molecule has 0 saturated carbocycles. The van der Waals surface area contributed by atoms with E-state index in [1.165, 1.54) is 51.4 Å². The van der Waals surface area contributed by atoms with Crippen LogP contribution in [0.2, 0.25) is 0 Å². The predicted molar refractivity (Wildman–Crippen MR) is 110 cm³/mol. The van der Waals surface area contributed by atoms with E-state index < -0.39 is 7.82 Å². The Balaban J connectivity index is 4.33. The van der Waals surface area contributed by atoms with Gasteiger partial charge >= 0.3 is 7.82 Å². The molecule has 0 fully saturated rings. The van der Waals surface area contributed by atoms with Gasteiger partial charge in [0.15, 0.2) is 0 Å². The number of nitrogens with zero attached hydrogens (tertiary/aromatic N) is 1. The van der Waals surface area contributed by atoms with Crippen LogP contribution in [0.3, 0.4) is 0 Å². The van der Waals surface area contributed by atoms with Crippen molar-refractivity contribution < 1.29 is 23.0 Å². The summed E-state index contributed by atoms with van der Waals surface area (Å²) in [6.07, 6.45) is 13.4. The first kappa shape index (κ1) is 26.1. The molecule has 0 saturated heterocycles. The van der Waals surface area contributed by atoms with E-state index in [0.29, 0.717) is 11.0 Å². The summed E-state index contributed by atoms with van der Waals surface area (Å²) in [4.78, 5) is 10.1. The van der Waals surface area contributed by atoms with Crippen molar-refractivity contribution >= 4 is 7.82 Å². The second kappa shape index (κ2) is 15.0. The smallest absolute Gasteiger partial charge is 0.329 e. The molecule has 0 spiro atoms. The summed E-state index contributed by atoms with van der Waals surface area (Å²) in [5.74, 6) is 0. The van der Waals surface area contributed by atoms with Crippen LogP contribution < -0.4 is 0 Å². The van der Waals surface area contributed by atoms with Crippen LogP contribution in [-0.4, -0.2) is 49.8 Å². The van der Waals surface area contributed by atoms with Crippen molar-refractivity contribution in [3.05, 3.63) is 0 Å². The zero-order chi connectivity index (χ0) is 19.9. The molecule has 5 nitrogen and oxygen atoms in total. The summed E-state index contributed by atoms with van der Waals surface area (Å²) in [6, 6.07) is 0. The zero-order valence-electron chi connectivity index (χ0n) is 18.0. The van der Waals surface area contributed by atoms with Gasteiger partial charge in [0.2, 0.25) is 0 Å². The van der Waals surface area contributed by atoms with Crippen molar-refractivity contribution in [1.82, 2.24) is 0 Å². The second-order valence-corrected chi connectivity index (χ2v) is 9.86. The fourth-order valence-electron chi connectivity index (χ4n) is 2.85. The summed E-state index contributed by atoms with van der Waals surface area (Å²) in [7, 11) is 2.12. The van der Waals surface area contributed by atoms with Crippen LogP contribution in [0.1, 0.15) is 90.9 Å².